The summed E-state index contributed by atoms with van der Waals surface area (Å²) in [5.74, 6) is 0.0259. The van der Waals surface area contributed by atoms with Gasteiger partial charge in [-0.1, -0.05) is 44.2 Å². The van der Waals surface area contributed by atoms with Crippen molar-refractivity contribution < 1.29 is 13.2 Å². The number of likely N-dealkylation sites (tertiary alicyclic amines) is 1. The van der Waals surface area contributed by atoms with Crippen LogP contribution in [0, 0.1) is 0 Å². The van der Waals surface area contributed by atoms with Crippen LogP contribution in [-0.4, -0.2) is 43.3 Å². The molecule has 2 rings (SSSR count). The highest BCUT2D eigenvalue weighted by atomic mass is 32.2. The first kappa shape index (κ1) is 15.0. The fraction of sp³-hybridized carbons (Fsp3) is 0.533. The molecule has 1 heterocycles. The first-order valence-electron chi connectivity index (χ1n) is 7.04. The molecule has 1 amide bonds. The van der Waals surface area contributed by atoms with E-state index in [9.17, 15) is 13.2 Å². The van der Waals surface area contributed by atoms with E-state index < -0.39 is 9.84 Å². The van der Waals surface area contributed by atoms with Crippen molar-refractivity contribution >= 4 is 15.7 Å². The van der Waals surface area contributed by atoms with Gasteiger partial charge in [-0.3, -0.25) is 4.79 Å². The highest BCUT2D eigenvalue weighted by molar-refractivity contribution is 7.92. The van der Waals surface area contributed by atoms with E-state index in [0.29, 0.717) is 13.1 Å². The van der Waals surface area contributed by atoms with Gasteiger partial charge in [-0.15, -0.1) is 0 Å². The number of sulfone groups is 1. The zero-order chi connectivity index (χ0) is 14.8. The van der Waals surface area contributed by atoms with Crippen LogP contribution in [0.25, 0.3) is 0 Å². The lowest BCUT2D eigenvalue weighted by atomic mass is 9.94. The van der Waals surface area contributed by atoms with E-state index in [1.165, 1.54) is 0 Å². The molecule has 0 bridgehead atoms. The quantitative estimate of drug-likeness (QED) is 0.832. The van der Waals surface area contributed by atoms with Gasteiger partial charge in [0.2, 0.25) is 5.91 Å². The third-order valence-corrected chi connectivity index (χ3v) is 6.10. The van der Waals surface area contributed by atoms with Crippen LogP contribution < -0.4 is 0 Å². The molecule has 0 aromatic heterocycles. The Balaban J connectivity index is 2.03. The number of rotatable bonds is 5. The summed E-state index contributed by atoms with van der Waals surface area (Å²) in [7, 11) is -3.02. The predicted octanol–water partition coefficient (Wildman–Crippen LogP) is 1.83. The lowest BCUT2D eigenvalue weighted by Crippen LogP contribution is -2.58. The maximum absolute atomic E-state index is 12.4. The van der Waals surface area contributed by atoms with Crippen LogP contribution in [0.5, 0.6) is 0 Å². The fourth-order valence-corrected chi connectivity index (χ4v) is 3.83. The molecule has 0 N–H and O–H groups in total. The van der Waals surface area contributed by atoms with Crippen LogP contribution >= 0.6 is 0 Å². The van der Waals surface area contributed by atoms with E-state index in [4.69, 9.17) is 0 Å². The number of carbonyl (C=O) groups is 1. The molecule has 1 fully saturated rings. The molecular weight excluding hydrogens is 274 g/mol. The van der Waals surface area contributed by atoms with Crippen molar-refractivity contribution in [1.82, 2.24) is 4.90 Å². The monoisotopic (exact) mass is 295 g/mol. The topological polar surface area (TPSA) is 54.5 Å². The molecule has 0 aliphatic carbocycles. The summed E-state index contributed by atoms with van der Waals surface area (Å²) < 4.78 is 23.4. The summed E-state index contributed by atoms with van der Waals surface area (Å²) in [6.45, 7) is 4.32. The maximum atomic E-state index is 12.4. The van der Waals surface area contributed by atoms with E-state index >= 15 is 0 Å². The molecule has 1 saturated heterocycles. The van der Waals surface area contributed by atoms with Gasteiger partial charge in [0.1, 0.15) is 0 Å². The largest absolute Gasteiger partial charge is 0.339 e. The average Bonchev–Trinajstić information content (AvgIpc) is 2.39. The maximum Gasteiger partial charge on any atom is 0.230 e. The molecule has 4 nitrogen and oxygen atoms in total. The minimum atomic E-state index is -3.02. The van der Waals surface area contributed by atoms with E-state index in [-0.39, 0.29) is 22.8 Å². The molecule has 0 saturated carbocycles. The van der Waals surface area contributed by atoms with Gasteiger partial charge in [0.25, 0.3) is 0 Å². The second kappa shape index (κ2) is 5.95. The molecule has 0 spiro atoms. The lowest BCUT2D eigenvalue weighted by Gasteiger charge is -2.40. The highest BCUT2D eigenvalue weighted by Crippen LogP contribution is 2.26. The summed E-state index contributed by atoms with van der Waals surface area (Å²) in [6, 6.07) is 9.67. The van der Waals surface area contributed by atoms with E-state index in [2.05, 4.69) is 0 Å². The fourth-order valence-electron chi connectivity index (χ4n) is 2.54. The standard InChI is InChI=1S/C15H21NO3S/c1-3-14(12-8-6-5-7-9-12)15(17)16-10-13(11-16)20(18,19)4-2/h5-9,13-14H,3-4,10-11H2,1-2H3. The van der Waals surface area contributed by atoms with Gasteiger partial charge >= 0.3 is 0 Å². The predicted molar refractivity (Wildman–Crippen MR) is 79.3 cm³/mol. The van der Waals surface area contributed by atoms with E-state index in [1.54, 1.807) is 11.8 Å². The molecular formula is C15H21NO3S. The van der Waals surface area contributed by atoms with Crippen LogP contribution in [0.3, 0.4) is 0 Å². The van der Waals surface area contributed by atoms with Crippen molar-refractivity contribution in [2.45, 2.75) is 31.4 Å². The van der Waals surface area contributed by atoms with Crippen molar-refractivity contribution in [3.05, 3.63) is 35.9 Å². The van der Waals surface area contributed by atoms with Crippen molar-refractivity contribution in [2.75, 3.05) is 18.8 Å². The summed E-state index contributed by atoms with van der Waals surface area (Å²) in [6.07, 6.45) is 0.727. The van der Waals surface area contributed by atoms with Gasteiger partial charge in [-0.25, -0.2) is 8.42 Å². The summed E-state index contributed by atoms with van der Waals surface area (Å²) in [5.41, 5.74) is 1.00. The molecule has 5 heteroatoms. The Bertz CT molecular complexity index is 562. The second-order valence-corrected chi connectivity index (χ2v) is 7.76. The minimum absolute atomic E-state index is 0.0428. The molecule has 1 unspecified atom stereocenters. The SMILES string of the molecule is CCC(C(=O)N1CC(S(=O)(=O)CC)C1)c1ccccc1. The molecule has 1 aromatic rings. The Morgan fingerprint density at radius 1 is 1.25 bits per heavy atom. The van der Waals surface area contributed by atoms with Crippen LogP contribution in [0.4, 0.5) is 0 Å². The van der Waals surface area contributed by atoms with Crippen molar-refractivity contribution in [3.8, 4) is 0 Å². The van der Waals surface area contributed by atoms with Gasteiger partial charge in [-0.05, 0) is 12.0 Å². The number of hydrogen-bond acceptors (Lipinski definition) is 3. The molecule has 0 radical (unpaired) electrons. The molecule has 1 aliphatic rings. The third-order valence-electron chi connectivity index (χ3n) is 3.98. The molecule has 1 atom stereocenters. The number of carbonyl (C=O) groups excluding carboxylic acids is 1. The number of benzene rings is 1. The van der Waals surface area contributed by atoms with Crippen LogP contribution in [0.1, 0.15) is 31.7 Å². The Morgan fingerprint density at radius 3 is 2.35 bits per heavy atom. The van der Waals surface area contributed by atoms with E-state index in [1.807, 2.05) is 37.3 Å². The van der Waals surface area contributed by atoms with Gasteiger partial charge < -0.3 is 4.90 Å². The van der Waals surface area contributed by atoms with Crippen LogP contribution in [0.15, 0.2) is 30.3 Å². The Morgan fingerprint density at radius 2 is 1.85 bits per heavy atom. The average molecular weight is 295 g/mol. The van der Waals surface area contributed by atoms with Gasteiger partial charge in [0.15, 0.2) is 9.84 Å². The smallest absolute Gasteiger partial charge is 0.230 e. The molecule has 1 aromatic carbocycles. The first-order valence-corrected chi connectivity index (χ1v) is 8.76. The Kier molecular flexibility index (Phi) is 4.48. The summed E-state index contributed by atoms with van der Waals surface area (Å²) in [5, 5.41) is -0.371. The molecule has 1 aliphatic heterocycles. The van der Waals surface area contributed by atoms with Gasteiger partial charge in [0.05, 0.1) is 11.2 Å². The van der Waals surface area contributed by atoms with Gasteiger partial charge in [0, 0.05) is 18.8 Å². The van der Waals surface area contributed by atoms with Gasteiger partial charge in [-0.2, -0.15) is 0 Å². The number of nitrogens with zero attached hydrogens (tertiary/aromatic N) is 1. The second-order valence-electron chi connectivity index (χ2n) is 5.19. The zero-order valence-electron chi connectivity index (χ0n) is 12.0. The Hall–Kier alpha value is -1.36. The van der Waals surface area contributed by atoms with Crippen LogP contribution in [0.2, 0.25) is 0 Å². The summed E-state index contributed by atoms with van der Waals surface area (Å²) in [4.78, 5) is 14.1. The van der Waals surface area contributed by atoms with Crippen LogP contribution in [-0.2, 0) is 14.6 Å². The van der Waals surface area contributed by atoms with Crippen molar-refractivity contribution in [2.24, 2.45) is 0 Å². The molecule has 20 heavy (non-hydrogen) atoms. The summed E-state index contributed by atoms with van der Waals surface area (Å²) >= 11 is 0. The van der Waals surface area contributed by atoms with E-state index in [0.717, 1.165) is 12.0 Å². The third kappa shape index (κ3) is 2.87. The van der Waals surface area contributed by atoms with Crippen molar-refractivity contribution in [1.29, 1.82) is 0 Å². The normalized spacial score (nSPS) is 17.6. The molecule has 110 valence electrons. The van der Waals surface area contributed by atoms with Crippen molar-refractivity contribution in [3.63, 3.8) is 0 Å². The highest BCUT2D eigenvalue weighted by Gasteiger charge is 2.40. The lowest BCUT2D eigenvalue weighted by molar-refractivity contribution is -0.136. The Labute approximate surface area is 120 Å². The number of amides is 1. The minimum Gasteiger partial charge on any atom is -0.339 e. The first-order chi connectivity index (χ1) is 9.49. The zero-order valence-corrected chi connectivity index (χ0v) is 12.8. The number of hydrogen-bond donors (Lipinski definition) is 0.